The monoisotopic (exact) mass is 224 g/mol. The predicted octanol–water partition coefficient (Wildman–Crippen LogP) is 2.84. The van der Waals surface area contributed by atoms with Crippen molar-refractivity contribution in [3.8, 4) is 0 Å². The first-order valence-electron chi connectivity index (χ1n) is 4.53. The van der Waals surface area contributed by atoms with Crippen LogP contribution in [0.1, 0.15) is 20.8 Å². The second-order valence-electron chi connectivity index (χ2n) is 4.82. The maximum absolute atomic E-state index is 11.9. The van der Waals surface area contributed by atoms with Gasteiger partial charge in [0.1, 0.15) is 0 Å². The highest BCUT2D eigenvalue weighted by atomic mass is 28.4. The Bertz CT molecular complexity index is 209. The molecule has 14 heavy (non-hydrogen) atoms. The molecule has 0 spiro atoms. The standard InChI is InChI=1S/C9H18F2O2Si/c1-9(2,3)14(4,5)13-6-7(12)8(10)11/h8H,6H2,1-5H3. The van der Waals surface area contributed by atoms with E-state index in [1.165, 1.54) is 0 Å². The maximum Gasteiger partial charge on any atom is 0.298 e. The number of rotatable bonds is 4. The molecule has 5 heteroatoms. The molecule has 84 valence electrons. The Labute approximate surface area is 84.8 Å². The number of carbonyl (C=O) groups is 1. The smallest absolute Gasteiger partial charge is 0.298 e. The van der Waals surface area contributed by atoms with Gasteiger partial charge in [0.05, 0.1) is 6.61 Å². The van der Waals surface area contributed by atoms with Crippen LogP contribution in [0, 0.1) is 0 Å². The average molecular weight is 224 g/mol. The van der Waals surface area contributed by atoms with E-state index < -0.39 is 27.1 Å². The van der Waals surface area contributed by atoms with Gasteiger partial charge in [0.15, 0.2) is 8.32 Å². The van der Waals surface area contributed by atoms with Gasteiger partial charge < -0.3 is 4.43 Å². The number of Topliss-reactive ketones (excluding diaryl/α,β-unsaturated/α-hetero) is 1. The molecule has 0 atom stereocenters. The van der Waals surface area contributed by atoms with Crippen molar-refractivity contribution < 1.29 is 18.0 Å². The minimum Gasteiger partial charge on any atom is -0.409 e. The first kappa shape index (κ1) is 13.7. The molecule has 0 aliphatic rings. The summed E-state index contributed by atoms with van der Waals surface area (Å²) in [4.78, 5) is 10.7. The summed E-state index contributed by atoms with van der Waals surface area (Å²) < 4.78 is 29.1. The average Bonchev–Trinajstić information content (AvgIpc) is 1.97. The van der Waals surface area contributed by atoms with Crippen molar-refractivity contribution in [2.75, 3.05) is 6.61 Å². The molecular formula is C9H18F2O2Si. The summed E-state index contributed by atoms with van der Waals surface area (Å²) in [5.41, 5.74) is 0. The molecule has 0 aromatic rings. The van der Waals surface area contributed by atoms with Gasteiger partial charge in [-0.2, -0.15) is 0 Å². The third kappa shape index (κ3) is 3.83. The number of halogens is 2. The summed E-state index contributed by atoms with van der Waals surface area (Å²) in [6, 6.07) is 0. The fourth-order valence-corrected chi connectivity index (χ4v) is 1.47. The minimum atomic E-state index is -2.92. The summed E-state index contributed by atoms with van der Waals surface area (Å²) >= 11 is 0. The molecular weight excluding hydrogens is 206 g/mol. The van der Waals surface area contributed by atoms with Crippen LogP contribution < -0.4 is 0 Å². The van der Waals surface area contributed by atoms with E-state index in [0.717, 1.165) is 0 Å². The van der Waals surface area contributed by atoms with Crippen molar-refractivity contribution >= 4 is 14.1 Å². The van der Waals surface area contributed by atoms with Gasteiger partial charge in [-0.25, -0.2) is 8.78 Å². The van der Waals surface area contributed by atoms with Gasteiger partial charge in [-0.05, 0) is 18.1 Å². The van der Waals surface area contributed by atoms with Crippen LogP contribution in [0.5, 0.6) is 0 Å². The third-order valence-corrected chi connectivity index (χ3v) is 7.10. The van der Waals surface area contributed by atoms with Gasteiger partial charge in [0, 0.05) is 0 Å². The first-order chi connectivity index (χ1) is 6.08. The number of hydrogen-bond acceptors (Lipinski definition) is 2. The van der Waals surface area contributed by atoms with Crippen LogP contribution in [0.2, 0.25) is 18.1 Å². The van der Waals surface area contributed by atoms with Crippen LogP contribution in [0.3, 0.4) is 0 Å². The van der Waals surface area contributed by atoms with Crippen LogP contribution in [-0.2, 0) is 9.22 Å². The molecule has 0 aliphatic carbocycles. The largest absolute Gasteiger partial charge is 0.409 e. The number of alkyl halides is 2. The van der Waals surface area contributed by atoms with Crippen molar-refractivity contribution in [3.05, 3.63) is 0 Å². The molecule has 0 aromatic carbocycles. The van der Waals surface area contributed by atoms with E-state index in [1.54, 1.807) is 0 Å². The molecule has 0 bridgehead atoms. The summed E-state index contributed by atoms with van der Waals surface area (Å²) in [6.45, 7) is 9.36. The fourth-order valence-electron chi connectivity index (χ4n) is 0.531. The normalized spacial score (nSPS) is 13.4. The maximum atomic E-state index is 11.9. The van der Waals surface area contributed by atoms with E-state index in [-0.39, 0.29) is 5.04 Å². The van der Waals surface area contributed by atoms with Crippen LogP contribution in [-0.4, -0.2) is 27.1 Å². The SMILES string of the molecule is CC(C)(C)[Si](C)(C)OCC(=O)C(F)F. The molecule has 0 saturated heterocycles. The second-order valence-corrected chi connectivity index (χ2v) is 9.63. The van der Waals surface area contributed by atoms with Gasteiger partial charge in [0.2, 0.25) is 5.78 Å². The molecule has 2 nitrogen and oxygen atoms in total. The molecule has 0 heterocycles. The molecule has 0 aromatic heterocycles. The summed E-state index contributed by atoms with van der Waals surface area (Å²) in [5, 5.41) is -0.0601. The topological polar surface area (TPSA) is 26.3 Å². The van der Waals surface area contributed by atoms with Crippen molar-refractivity contribution in [3.63, 3.8) is 0 Å². The van der Waals surface area contributed by atoms with E-state index >= 15 is 0 Å². The lowest BCUT2D eigenvalue weighted by Crippen LogP contribution is -2.42. The van der Waals surface area contributed by atoms with E-state index in [9.17, 15) is 13.6 Å². The zero-order chi connectivity index (χ0) is 11.6. The van der Waals surface area contributed by atoms with Gasteiger partial charge in [0.25, 0.3) is 6.43 Å². The van der Waals surface area contributed by atoms with E-state index in [0.29, 0.717) is 0 Å². The molecule has 0 amide bonds. The van der Waals surface area contributed by atoms with Crippen LogP contribution in [0.15, 0.2) is 0 Å². The Hall–Kier alpha value is -0.293. The van der Waals surface area contributed by atoms with Gasteiger partial charge in [-0.15, -0.1) is 0 Å². The third-order valence-electron chi connectivity index (χ3n) is 2.62. The molecule has 0 radical (unpaired) electrons. The second kappa shape index (κ2) is 4.48. The number of carbonyl (C=O) groups excluding carboxylic acids is 1. The molecule has 0 saturated carbocycles. The Morgan fingerprint density at radius 2 is 1.79 bits per heavy atom. The summed E-state index contributed by atoms with van der Waals surface area (Å²) in [7, 11) is -2.07. The van der Waals surface area contributed by atoms with Crippen molar-refractivity contribution in [2.45, 2.75) is 45.3 Å². The quantitative estimate of drug-likeness (QED) is 0.686. The molecule has 0 aliphatic heterocycles. The Morgan fingerprint density at radius 1 is 1.36 bits per heavy atom. The highest BCUT2D eigenvalue weighted by Crippen LogP contribution is 2.36. The molecule has 0 fully saturated rings. The van der Waals surface area contributed by atoms with Gasteiger partial charge in [-0.1, -0.05) is 20.8 Å². The summed E-state index contributed by atoms with van der Waals surface area (Å²) in [6.07, 6.45) is -2.92. The van der Waals surface area contributed by atoms with E-state index in [2.05, 4.69) is 0 Å². The molecule has 0 rings (SSSR count). The lowest BCUT2D eigenvalue weighted by molar-refractivity contribution is -0.131. The Morgan fingerprint density at radius 3 is 2.07 bits per heavy atom. The van der Waals surface area contributed by atoms with E-state index in [1.807, 2.05) is 33.9 Å². The fraction of sp³-hybridized carbons (Fsp3) is 0.889. The Kier molecular flexibility index (Phi) is 4.39. The van der Waals surface area contributed by atoms with E-state index in [4.69, 9.17) is 4.43 Å². The minimum absolute atomic E-state index is 0.0601. The predicted molar refractivity (Wildman–Crippen MR) is 54.2 cm³/mol. The molecule has 0 unspecified atom stereocenters. The zero-order valence-corrected chi connectivity index (χ0v) is 10.4. The van der Waals surface area contributed by atoms with Gasteiger partial charge >= 0.3 is 0 Å². The lowest BCUT2D eigenvalue weighted by Gasteiger charge is -2.35. The first-order valence-corrected chi connectivity index (χ1v) is 7.43. The molecule has 0 N–H and O–H groups in total. The number of ketones is 1. The van der Waals surface area contributed by atoms with Crippen LogP contribution in [0.25, 0.3) is 0 Å². The van der Waals surface area contributed by atoms with Crippen LogP contribution >= 0.6 is 0 Å². The van der Waals surface area contributed by atoms with Crippen molar-refractivity contribution in [1.82, 2.24) is 0 Å². The highest BCUT2D eigenvalue weighted by Gasteiger charge is 2.38. The van der Waals surface area contributed by atoms with Crippen molar-refractivity contribution in [2.24, 2.45) is 0 Å². The highest BCUT2D eigenvalue weighted by molar-refractivity contribution is 6.74. The lowest BCUT2D eigenvalue weighted by atomic mass is 10.2. The zero-order valence-electron chi connectivity index (χ0n) is 9.36. The van der Waals surface area contributed by atoms with Crippen LogP contribution in [0.4, 0.5) is 8.78 Å². The summed E-state index contributed by atoms with van der Waals surface area (Å²) in [5.74, 6) is -1.13. The number of hydrogen-bond donors (Lipinski definition) is 0. The Balaban J connectivity index is 4.20. The van der Waals surface area contributed by atoms with Gasteiger partial charge in [-0.3, -0.25) is 4.79 Å². The van der Waals surface area contributed by atoms with Crippen molar-refractivity contribution in [1.29, 1.82) is 0 Å².